The van der Waals surface area contributed by atoms with Gasteiger partial charge in [-0.05, 0) is 46.4 Å². The van der Waals surface area contributed by atoms with Crippen molar-refractivity contribution in [3.8, 4) is 5.75 Å². The smallest absolute Gasteiger partial charge is 0.115 e. The third-order valence-corrected chi connectivity index (χ3v) is 4.72. The van der Waals surface area contributed by atoms with Crippen LogP contribution in [0, 0.1) is 5.41 Å². The van der Waals surface area contributed by atoms with Gasteiger partial charge in [0.2, 0.25) is 0 Å². The second-order valence-corrected chi connectivity index (χ2v) is 7.26. The standard InChI is InChI=1S/C25H26O/c1-4-23(19-9-6-5-7-10-19)24(21-12-14-22(26)15-13-21)20-11-8-17-25(2,3)18-16-20/h5-18,26H,4H2,1-3H3/b24-23-. The van der Waals surface area contributed by atoms with Crippen molar-refractivity contribution in [2.75, 3.05) is 0 Å². The Kier molecular flexibility index (Phi) is 5.27. The Hall–Kier alpha value is -2.80. The van der Waals surface area contributed by atoms with Crippen LogP contribution in [0.2, 0.25) is 0 Å². The second kappa shape index (κ2) is 7.61. The van der Waals surface area contributed by atoms with Gasteiger partial charge in [-0.25, -0.2) is 0 Å². The van der Waals surface area contributed by atoms with Crippen LogP contribution in [0.1, 0.15) is 38.3 Å². The molecule has 0 heterocycles. The summed E-state index contributed by atoms with van der Waals surface area (Å²) in [6, 6.07) is 18.1. The summed E-state index contributed by atoms with van der Waals surface area (Å²) in [7, 11) is 0. The second-order valence-electron chi connectivity index (χ2n) is 7.26. The van der Waals surface area contributed by atoms with Crippen molar-refractivity contribution in [3.05, 3.63) is 102 Å². The minimum Gasteiger partial charge on any atom is -0.508 e. The highest BCUT2D eigenvalue weighted by molar-refractivity contribution is 6.00. The number of phenolic OH excluding ortho intramolecular Hbond substituents is 1. The fourth-order valence-corrected chi connectivity index (χ4v) is 3.29. The van der Waals surface area contributed by atoms with Crippen LogP contribution < -0.4 is 0 Å². The van der Waals surface area contributed by atoms with Gasteiger partial charge in [-0.15, -0.1) is 0 Å². The number of rotatable bonds is 4. The van der Waals surface area contributed by atoms with Crippen LogP contribution in [0.15, 0.2) is 90.6 Å². The number of hydrogen-bond donors (Lipinski definition) is 1. The lowest BCUT2D eigenvalue weighted by atomic mass is 9.87. The summed E-state index contributed by atoms with van der Waals surface area (Å²) in [5, 5.41) is 9.72. The normalized spacial score (nSPS) is 16.7. The lowest BCUT2D eigenvalue weighted by Gasteiger charge is -2.17. The van der Waals surface area contributed by atoms with Crippen LogP contribution in [0.3, 0.4) is 0 Å². The Balaban J connectivity index is 2.23. The van der Waals surface area contributed by atoms with E-state index in [9.17, 15) is 5.11 Å². The lowest BCUT2D eigenvalue weighted by Crippen LogP contribution is -2.01. The van der Waals surface area contributed by atoms with Crippen molar-refractivity contribution in [1.29, 1.82) is 0 Å². The van der Waals surface area contributed by atoms with Gasteiger partial charge >= 0.3 is 0 Å². The molecule has 2 aromatic rings. The first-order valence-corrected chi connectivity index (χ1v) is 9.17. The van der Waals surface area contributed by atoms with Crippen molar-refractivity contribution in [3.63, 3.8) is 0 Å². The third-order valence-electron chi connectivity index (χ3n) is 4.72. The Labute approximate surface area is 156 Å². The zero-order valence-corrected chi connectivity index (χ0v) is 15.7. The van der Waals surface area contributed by atoms with Crippen molar-refractivity contribution in [1.82, 2.24) is 0 Å². The van der Waals surface area contributed by atoms with E-state index in [2.05, 4.69) is 75.4 Å². The van der Waals surface area contributed by atoms with E-state index in [0.29, 0.717) is 0 Å². The van der Waals surface area contributed by atoms with Crippen molar-refractivity contribution in [2.45, 2.75) is 27.2 Å². The number of hydrogen-bond acceptors (Lipinski definition) is 1. The Morgan fingerprint density at radius 3 is 2.23 bits per heavy atom. The molecule has 1 N–H and O–H groups in total. The van der Waals surface area contributed by atoms with Gasteiger partial charge in [0.15, 0.2) is 0 Å². The summed E-state index contributed by atoms with van der Waals surface area (Å²) in [4.78, 5) is 0. The van der Waals surface area contributed by atoms with Crippen molar-refractivity contribution >= 4 is 11.1 Å². The fourth-order valence-electron chi connectivity index (χ4n) is 3.29. The molecule has 0 bridgehead atoms. The molecule has 0 fully saturated rings. The molecule has 1 aliphatic carbocycles. The van der Waals surface area contributed by atoms with Crippen LogP contribution in [-0.2, 0) is 0 Å². The molecule has 0 atom stereocenters. The van der Waals surface area contributed by atoms with Gasteiger partial charge in [0, 0.05) is 5.41 Å². The molecule has 0 spiro atoms. The van der Waals surface area contributed by atoms with Gasteiger partial charge in [0.05, 0.1) is 0 Å². The van der Waals surface area contributed by atoms with Gasteiger partial charge in [0.1, 0.15) is 5.75 Å². The molecular formula is C25H26O. The molecule has 0 saturated heterocycles. The van der Waals surface area contributed by atoms with E-state index in [1.165, 1.54) is 22.3 Å². The van der Waals surface area contributed by atoms with Gasteiger partial charge < -0.3 is 5.11 Å². The van der Waals surface area contributed by atoms with E-state index >= 15 is 0 Å². The predicted molar refractivity (Wildman–Crippen MR) is 112 cm³/mol. The van der Waals surface area contributed by atoms with E-state index in [0.717, 1.165) is 12.0 Å². The predicted octanol–water partition coefficient (Wildman–Crippen LogP) is 6.79. The molecule has 1 aliphatic rings. The first-order valence-electron chi connectivity index (χ1n) is 9.17. The molecule has 2 aromatic carbocycles. The largest absolute Gasteiger partial charge is 0.508 e. The molecule has 0 saturated carbocycles. The molecule has 1 heteroatoms. The maximum absolute atomic E-state index is 9.72. The number of phenols is 1. The third kappa shape index (κ3) is 4.05. The Morgan fingerprint density at radius 2 is 1.58 bits per heavy atom. The highest BCUT2D eigenvalue weighted by Gasteiger charge is 2.16. The molecule has 0 aliphatic heterocycles. The van der Waals surface area contributed by atoms with Crippen LogP contribution >= 0.6 is 0 Å². The summed E-state index contributed by atoms with van der Waals surface area (Å²) in [5.41, 5.74) is 6.11. The molecule has 0 unspecified atom stereocenters. The summed E-state index contributed by atoms with van der Waals surface area (Å²) in [6.45, 7) is 6.61. The molecule has 0 radical (unpaired) electrons. The average molecular weight is 342 g/mol. The summed E-state index contributed by atoms with van der Waals surface area (Å²) in [6.07, 6.45) is 12.0. The molecular weight excluding hydrogens is 316 g/mol. The van der Waals surface area contributed by atoms with E-state index < -0.39 is 0 Å². The van der Waals surface area contributed by atoms with E-state index in [4.69, 9.17) is 0 Å². The topological polar surface area (TPSA) is 20.2 Å². The summed E-state index contributed by atoms with van der Waals surface area (Å²) >= 11 is 0. The van der Waals surface area contributed by atoms with E-state index in [-0.39, 0.29) is 11.2 Å². The van der Waals surface area contributed by atoms with Gasteiger partial charge in [-0.2, -0.15) is 0 Å². The van der Waals surface area contributed by atoms with Crippen molar-refractivity contribution < 1.29 is 5.11 Å². The summed E-state index contributed by atoms with van der Waals surface area (Å²) < 4.78 is 0. The zero-order chi connectivity index (χ0) is 18.6. The maximum Gasteiger partial charge on any atom is 0.115 e. The number of aromatic hydroxyl groups is 1. The summed E-state index contributed by atoms with van der Waals surface area (Å²) in [5.74, 6) is 0.289. The number of benzene rings is 2. The highest BCUT2D eigenvalue weighted by atomic mass is 16.3. The SMILES string of the molecule is CC/C(=C(\C1=CC=CC(C)(C)C=C1)c1ccc(O)cc1)c1ccccc1. The molecule has 1 nitrogen and oxygen atoms in total. The van der Waals surface area contributed by atoms with E-state index in [1.807, 2.05) is 18.2 Å². The molecule has 26 heavy (non-hydrogen) atoms. The minimum absolute atomic E-state index is 0.0391. The van der Waals surface area contributed by atoms with Crippen molar-refractivity contribution in [2.24, 2.45) is 5.41 Å². The van der Waals surface area contributed by atoms with Gasteiger partial charge in [-0.1, -0.05) is 93.6 Å². The van der Waals surface area contributed by atoms with Gasteiger partial charge in [-0.3, -0.25) is 0 Å². The van der Waals surface area contributed by atoms with Crippen LogP contribution in [0.5, 0.6) is 5.75 Å². The lowest BCUT2D eigenvalue weighted by molar-refractivity contribution is 0.475. The van der Waals surface area contributed by atoms with Gasteiger partial charge in [0.25, 0.3) is 0 Å². The fraction of sp³-hybridized carbons (Fsp3) is 0.200. The zero-order valence-electron chi connectivity index (χ0n) is 15.7. The Bertz CT molecular complexity index is 876. The first-order chi connectivity index (χ1) is 12.5. The van der Waals surface area contributed by atoms with E-state index in [1.54, 1.807) is 12.1 Å². The highest BCUT2D eigenvalue weighted by Crippen LogP contribution is 2.37. The van der Waals surface area contributed by atoms with Crippen LogP contribution in [0.25, 0.3) is 11.1 Å². The first kappa shape index (κ1) is 18.0. The molecule has 0 amide bonds. The van der Waals surface area contributed by atoms with Crippen LogP contribution in [0.4, 0.5) is 0 Å². The molecule has 132 valence electrons. The quantitative estimate of drug-likeness (QED) is 0.606. The average Bonchev–Trinajstić information content (AvgIpc) is 2.82. The van der Waals surface area contributed by atoms with Crippen LogP contribution in [-0.4, -0.2) is 5.11 Å². The number of allylic oxidation sites excluding steroid dienone is 8. The minimum atomic E-state index is 0.0391. The monoisotopic (exact) mass is 342 g/mol. The molecule has 3 rings (SSSR count). The Morgan fingerprint density at radius 1 is 0.885 bits per heavy atom. The molecule has 0 aromatic heterocycles. The maximum atomic E-state index is 9.72.